The van der Waals surface area contributed by atoms with Crippen LogP contribution in [0.4, 0.5) is 0 Å². The molecule has 1 saturated carbocycles. The summed E-state index contributed by atoms with van der Waals surface area (Å²) in [5.74, 6) is 0.491. The lowest BCUT2D eigenvalue weighted by Gasteiger charge is -2.35. The monoisotopic (exact) mass is 431 g/mol. The number of nitrogens with one attached hydrogen (secondary N) is 2. The number of carbonyl (C=O) groups is 2. The molecule has 4 rings (SSSR count). The molecule has 5 nitrogen and oxygen atoms in total. The molecule has 2 amide bonds. The summed E-state index contributed by atoms with van der Waals surface area (Å²) >= 11 is 3.52. The van der Waals surface area contributed by atoms with Crippen molar-refractivity contribution < 1.29 is 9.59 Å². The normalized spacial score (nSPS) is 19.4. The summed E-state index contributed by atoms with van der Waals surface area (Å²) in [6.07, 6.45) is 7.38. The number of halogens is 1. The van der Waals surface area contributed by atoms with E-state index >= 15 is 0 Å². The lowest BCUT2D eigenvalue weighted by Crippen LogP contribution is -2.48. The molecule has 1 aromatic heterocycles. The summed E-state index contributed by atoms with van der Waals surface area (Å²) in [6, 6.07) is 7.89. The highest BCUT2D eigenvalue weighted by Crippen LogP contribution is 2.27. The van der Waals surface area contributed by atoms with Gasteiger partial charge in [-0.1, -0.05) is 41.3 Å². The number of H-pyrrole nitrogens is 1. The summed E-state index contributed by atoms with van der Waals surface area (Å²) in [5, 5.41) is 4.14. The molecule has 2 fully saturated rings. The number of fused-ring (bicyclic) bond motifs is 1. The average molecular weight is 432 g/mol. The Morgan fingerprint density at radius 1 is 1.07 bits per heavy atom. The van der Waals surface area contributed by atoms with Gasteiger partial charge in [0.1, 0.15) is 5.69 Å². The molecule has 2 aromatic rings. The third-order valence-electron chi connectivity index (χ3n) is 5.95. The molecule has 0 radical (unpaired) electrons. The SMILES string of the molecule is O=C(NC1CCN(C(=O)C2CCCCC2)CC1)c1cc2c(Br)cccc2[nH]1. The van der Waals surface area contributed by atoms with Crippen molar-refractivity contribution in [3.8, 4) is 0 Å². The van der Waals surface area contributed by atoms with Gasteiger partial charge < -0.3 is 15.2 Å². The maximum absolute atomic E-state index is 12.7. The van der Waals surface area contributed by atoms with Crippen molar-refractivity contribution in [1.29, 1.82) is 0 Å². The molecule has 1 aliphatic carbocycles. The molecule has 0 spiro atoms. The van der Waals surface area contributed by atoms with Gasteiger partial charge in [0, 0.05) is 40.4 Å². The first-order chi connectivity index (χ1) is 13.1. The standard InChI is InChI=1S/C21H26BrN3O2/c22-17-7-4-8-18-16(17)13-19(24-18)20(26)23-15-9-11-25(12-10-15)21(27)14-5-2-1-3-6-14/h4,7-8,13-15,24H,1-3,5-6,9-12H2,(H,23,26). The van der Waals surface area contributed by atoms with E-state index in [1.807, 2.05) is 29.2 Å². The van der Waals surface area contributed by atoms with E-state index in [1.54, 1.807) is 0 Å². The fourth-order valence-electron chi connectivity index (χ4n) is 4.36. The van der Waals surface area contributed by atoms with Crippen LogP contribution in [0.3, 0.4) is 0 Å². The van der Waals surface area contributed by atoms with Gasteiger partial charge in [0.2, 0.25) is 5.91 Å². The Bertz CT molecular complexity index is 833. The van der Waals surface area contributed by atoms with Gasteiger partial charge in [-0.3, -0.25) is 9.59 Å². The highest BCUT2D eigenvalue weighted by molar-refractivity contribution is 9.10. The molecular formula is C21H26BrN3O2. The predicted octanol–water partition coefficient (Wildman–Crippen LogP) is 4.23. The smallest absolute Gasteiger partial charge is 0.267 e. The summed E-state index contributed by atoms with van der Waals surface area (Å²) in [5.41, 5.74) is 1.53. The second kappa shape index (κ2) is 8.05. The first-order valence-corrected chi connectivity index (χ1v) is 10.8. The van der Waals surface area contributed by atoms with Crippen molar-refractivity contribution in [3.05, 3.63) is 34.4 Å². The van der Waals surface area contributed by atoms with Crippen molar-refractivity contribution >= 4 is 38.6 Å². The van der Waals surface area contributed by atoms with E-state index in [-0.39, 0.29) is 17.9 Å². The van der Waals surface area contributed by atoms with E-state index in [1.165, 1.54) is 19.3 Å². The molecule has 144 valence electrons. The number of hydrogen-bond donors (Lipinski definition) is 2. The van der Waals surface area contributed by atoms with Crippen molar-refractivity contribution in [1.82, 2.24) is 15.2 Å². The van der Waals surface area contributed by atoms with E-state index in [9.17, 15) is 9.59 Å². The zero-order valence-corrected chi connectivity index (χ0v) is 17.1. The minimum absolute atomic E-state index is 0.0739. The highest BCUT2D eigenvalue weighted by Gasteiger charge is 2.29. The quantitative estimate of drug-likeness (QED) is 0.763. The Balaban J connectivity index is 1.32. The zero-order valence-electron chi connectivity index (χ0n) is 15.5. The summed E-state index contributed by atoms with van der Waals surface area (Å²) in [4.78, 5) is 30.5. The van der Waals surface area contributed by atoms with E-state index in [0.29, 0.717) is 11.6 Å². The number of rotatable bonds is 3. The topological polar surface area (TPSA) is 65.2 Å². The number of aromatic amines is 1. The maximum atomic E-state index is 12.7. The number of hydrogen-bond acceptors (Lipinski definition) is 2. The summed E-state index contributed by atoms with van der Waals surface area (Å²) in [7, 11) is 0. The van der Waals surface area contributed by atoms with Gasteiger partial charge in [-0.2, -0.15) is 0 Å². The second-order valence-electron chi connectivity index (χ2n) is 7.79. The Morgan fingerprint density at radius 2 is 1.81 bits per heavy atom. The first-order valence-electron chi connectivity index (χ1n) is 9.99. The van der Waals surface area contributed by atoms with E-state index < -0.39 is 0 Å². The van der Waals surface area contributed by atoms with Gasteiger partial charge in [0.15, 0.2) is 0 Å². The van der Waals surface area contributed by atoms with Gasteiger partial charge in [-0.25, -0.2) is 0 Å². The minimum Gasteiger partial charge on any atom is -0.350 e. The first kappa shape index (κ1) is 18.5. The largest absolute Gasteiger partial charge is 0.350 e. The molecule has 1 aromatic carbocycles. The van der Waals surface area contributed by atoms with Gasteiger partial charge in [0.05, 0.1) is 0 Å². The van der Waals surface area contributed by atoms with Crippen molar-refractivity contribution in [2.24, 2.45) is 5.92 Å². The average Bonchev–Trinajstić information content (AvgIpc) is 3.15. The maximum Gasteiger partial charge on any atom is 0.267 e. The van der Waals surface area contributed by atoms with Crippen LogP contribution in [0.15, 0.2) is 28.7 Å². The van der Waals surface area contributed by atoms with Crippen LogP contribution in [0.5, 0.6) is 0 Å². The van der Waals surface area contributed by atoms with Crippen molar-refractivity contribution in [2.75, 3.05) is 13.1 Å². The van der Waals surface area contributed by atoms with Crippen LogP contribution in [-0.2, 0) is 4.79 Å². The van der Waals surface area contributed by atoms with Crippen molar-refractivity contribution in [3.63, 3.8) is 0 Å². The Labute approximate surface area is 168 Å². The molecule has 27 heavy (non-hydrogen) atoms. The number of benzene rings is 1. The number of likely N-dealkylation sites (tertiary alicyclic amines) is 1. The van der Waals surface area contributed by atoms with Crippen LogP contribution in [0.2, 0.25) is 0 Å². The third kappa shape index (κ3) is 4.05. The minimum atomic E-state index is -0.0739. The van der Waals surface area contributed by atoms with Gasteiger partial charge >= 0.3 is 0 Å². The van der Waals surface area contributed by atoms with Crippen LogP contribution in [0.1, 0.15) is 55.4 Å². The van der Waals surface area contributed by atoms with Crippen LogP contribution in [0, 0.1) is 5.92 Å². The van der Waals surface area contributed by atoms with Gasteiger partial charge in [-0.15, -0.1) is 0 Å². The van der Waals surface area contributed by atoms with E-state index in [0.717, 1.165) is 54.1 Å². The van der Waals surface area contributed by atoms with Crippen LogP contribution < -0.4 is 5.32 Å². The van der Waals surface area contributed by atoms with Crippen LogP contribution in [0.25, 0.3) is 10.9 Å². The molecular weight excluding hydrogens is 406 g/mol. The molecule has 1 saturated heterocycles. The highest BCUT2D eigenvalue weighted by atomic mass is 79.9. The Kier molecular flexibility index (Phi) is 5.53. The second-order valence-corrected chi connectivity index (χ2v) is 8.65. The lowest BCUT2D eigenvalue weighted by molar-refractivity contribution is -0.137. The number of nitrogens with zero attached hydrogens (tertiary/aromatic N) is 1. The van der Waals surface area contributed by atoms with E-state index in [4.69, 9.17) is 0 Å². The molecule has 1 aliphatic heterocycles. The van der Waals surface area contributed by atoms with Crippen LogP contribution >= 0.6 is 15.9 Å². The van der Waals surface area contributed by atoms with Crippen LogP contribution in [-0.4, -0.2) is 40.8 Å². The Morgan fingerprint density at radius 3 is 2.52 bits per heavy atom. The van der Waals surface area contributed by atoms with E-state index in [2.05, 4.69) is 26.2 Å². The number of aromatic nitrogens is 1. The Hall–Kier alpha value is -1.82. The summed E-state index contributed by atoms with van der Waals surface area (Å²) in [6.45, 7) is 1.50. The fourth-order valence-corrected chi connectivity index (χ4v) is 4.84. The van der Waals surface area contributed by atoms with Gasteiger partial charge in [-0.05, 0) is 43.9 Å². The number of piperidine rings is 1. The van der Waals surface area contributed by atoms with Gasteiger partial charge in [0.25, 0.3) is 5.91 Å². The zero-order chi connectivity index (χ0) is 18.8. The number of amides is 2. The van der Waals surface area contributed by atoms with Crippen molar-refractivity contribution in [2.45, 2.75) is 51.0 Å². The third-order valence-corrected chi connectivity index (χ3v) is 6.64. The molecule has 0 unspecified atom stereocenters. The molecule has 0 atom stereocenters. The lowest BCUT2D eigenvalue weighted by atomic mass is 9.87. The molecule has 2 N–H and O–H groups in total. The molecule has 2 heterocycles. The molecule has 6 heteroatoms. The predicted molar refractivity (Wildman–Crippen MR) is 110 cm³/mol. The molecule has 0 bridgehead atoms. The fraction of sp³-hybridized carbons (Fsp3) is 0.524. The summed E-state index contributed by atoms with van der Waals surface area (Å²) < 4.78 is 0.977. The molecule has 2 aliphatic rings. The number of carbonyl (C=O) groups excluding carboxylic acids is 2.